The van der Waals surface area contributed by atoms with Crippen molar-refractivity contribution in [2.75, 3.05) is 5.84 Å². The van der Waals surface area contributed by atoms with E-state index in [-0.39, 0.29) is 21.7 Å². The third-order valence-electron chi connectivity index (χ3n) is 3.90. The van der Waals surface area contributed by atoms with Gasteiger partial charge in [-0.25, -0.2) is 4.68 Å². The highest BCUT2D eigenvalue weighted by atomic mass is 32.2. The van der Waals surface area contributed by atoms with Crippen molar-refractivity contribution < 1.29 is 17.6 Å². The molecule has 2 N–H and O–H groups in total. The van der Waals surface area contributed by atoms with Gasteiger partial charge in [0, 0.05) is 5.56 Å². The van der Waals surface area contributed by atoms with Crippen LogP contribution in [0.1, 0.15) is 17.0 Å². The fraction of sp³-hybridized carbons (Fsp3) is 0.214. The Morgan fingerprint density at radius 2 is 1.89 bits per heavy atom. The van der Waals surface area contributed by atoms with Gasteiger partial charge in [-0.3, -0.25) is 0 Å². The molecule has 0 aromatic carbocycles. The predicted molar refractivity (Wildman–Crippen MR) is 87.3 cm³/mol. The lowest BCUT2D eigenvalue weighted by Gasteiger charge is -2.10. The third-order valence-corrected chi connectivity index (χ3v) is 4.94. The van der Waals surface area contributed by atoms with Crippen molar-refractivity contribution in [3.63, 3.8) is 0 Å². The van der Waals surface area contributed by atoms with Gasteiger partial charge in [0.15, 0.2) is 11.4 Å². The first kappa shape index (κ1) is 17.3. The second kappa shape index (κ2) is 5.97. The van der Waals surface area contributed by atoms with Crippen LogP contribution in [0.15, 0.2) is 33.0 Å². The van der Waals surface area contributed by atoms with Crippen LogP contribution in [0.2, 0.25) is 0 Å². The van der Waals surface area contributed by atoms with Crippen LogP contribution in [0.3, 0.4) is 0 Å². The Morgan fingerprint density at radius 3 is 2.56 bits per heavy atom. The van der Waals surface area contributed by atoms with Crippen molar-refractivity contribution >= 4 is 17.4 Å². The summed E-state index contributed by atoms with van der Waals surface area (Å²) >= 11 is 0.979. The molecule has 0 saturated carbocycles. The van der Waals surface area contributed by atoms with Gasteiger partial charge in [-0.2, -0.15) is 22.8 Å². The molecule has 0 spiro atoms. The number of nitrogens with two attached hydrogens (primary N) is 1. The number of hydrogen-bond acceptors (Lipinski definition) is 8. The van der Waals surface area contributed by atoms with Crippen molar-refractivity contribution in [2.45, 2.75) is 30.2 Å². The molecular formula is C14H11F3N8OS. The van der Waals surface area contributed by atoms with Crippen molar-refractivity contribution in [1.82, 2.24) is 34.7 Å². The Balaban J connectivity index is 1.80. The van der Waals surface area contributed by atoms with Crippen LogP contribution in [0, 0.1) is 13.8 Å². The van der Waals surface area contributed by atoms with E-state index in [4.69, 9.17) is 10.3 Å². The van der Waals surface area contributed by atoms with Crippen LogP contribution in [-0.2, 0) is 6.18 Å². The summed E-state index contributed by atoms with van der Waals surface area (Å²) < 4.78 is 46.5. The summed E-state index contributed by atoms with van der Waals surface area (Å²) in [6.07, 6.45) is -3.22. The maximum absolute atomic E-state index is 13.1. The Bertz CT molecular complexity index is 1130. The Hall–Kier alpha value is -3.09. The zero-order chi connectivity index (χ0) is 19.3. The van der Waals surface area contributed by atoms with E-state index in [1.807, 2.05) is 0 Å². The Morgan fingerprint density at radius 1 is 1.11 bits per heavy atom. The molecule has 0 aliphatic carbocycles. The van der Waals surface area contributed by atoms with E-state index in [1.165, 1.54) is 10.9 Å². The lowest BCUT2D eigenvalue weighted by atomic mass is 10.2. The average molecular weight is 396 g/mol. The number of nitrogens with zero attached hydrogens (tertiary/aromatic N) is 7. The molecule has 13 heteroatoms. The topological polar surface area (TPSA) is 113 Å². The van der Waals surface area contributed by atoms with E-state index in [2.05, 4.69) is 25.5 Å². The number of hydrogen-bond donors (Lipinski definition) is 1. The van der Waals surface area contributed by atoms with Crippen LogP contribution in [0.4, 0.5) is 13.2 Å². The van der Waals surface area contributed by atoms with E-state index >= 15 is 0 Å². The molecular weight excluding hydrogens is 385 g/mol. The highest BCUT2D eigenvalue weighted by Crippen LogP contribution is 2.33. The lowest BCUT2D eigenvalue weighted by Crippen LogP contribution is -2.14. The third kappa shape index (κ3) is 2.79. The number of aryl methyl sites for hydroxylation is 1. The van der Waals surface area contributed by atoms with Gasteiger partial charge in [0.05, 0.1) is 6.26 Å². The van der Waals surface area contributed by atoms with Crippen LogP contribution in [-0.4, -0.2) is 34.7 Å². The molecule has 4 heterocycles. The molecule has 4 rings (SSSR count). The van der Waals surface area contributed by atoms with Gasteiger partial charge in [0.1, 0.15) is 5.03 Å². The molecule has 0 aliphatic rings. The highest BCUT2D eigenvalue weighted by molar-refractivity contribution is 7.99. The first-order chi connectivity index (χ1) is 12.8. The first-order valence-corrected chi connectivity index (χ1v) is 8.31. The molecule has 0 amide bonds. The number of alkyl halides is 3. The van der Waals surface area contributed by atoms with Gasteiger partial charge in [-0.15, -0.1) is 20.4 Å². The zero-order valence-electron chi connectivity index (χ0n) is 13.9. The van der Waals surface area contributed by atoms with Crippen LogP contribution >= 0.6 is 11.8 Å². The van der Waals surface area contributed by atoms with E-state index < -0.39 is 12.0 Å². The minimum Gasteiger partial charge on any atom is -0.461 e. The maximum atomic E-state index is 13.1. The van der Waals surface area contributed by atoms with Gasteiger partial charge in [-0.05, 0) is 43.3 Å². The number of nitrogen functional groups attached to an aromatic ring is 1. The van der Waals surface area contributed by atoms with Crippen molar-refractivity contribution in [1.29, 1.82) is 0 Å². The number of furan rings is 1. The smallest absolute Gasteiger partial charge is 0.453 e. The number of aromatic nitrogens is 7. The molecule has 9 nitrogen and oxygen atoms in total. The molecule has 0 aliphatic heterocycles. The highest BCUT2D eigenvalue weighted by Gasteiger charge is 2.38. The molecule has 0 bridgehead atoms. The van der Waals surface area contributed by atoms with Crippen molar-refractivity contribution in [3.8, 4) is 11.6 Å². The predicted octanol–water partition coefficient (Wildman–Crippen LogP) is 2.48. The molecule has 0 fully saturated rings. The minimum atomic E-state index is -4.68. The quantitative estimate of drug-likeness (QED) is 0.526. The Labute approximate surface area is 153 Å². The molecule has 0 unspecified atom stereocenters. The van der Waals surface area contributed by atoms with Gasteiger partial charge >= 0.3 is 6.18 Å². The van der Waals surface area contributed by atoms with Gasteiger partial charge in [-0.1, -0.05) is 0 Å². The molecule has 4 aromatic heterocycles. The fourth-order valence-electron chi connectivity index (χ4n) is 2.38. The second-order valence-electron chi connectivity index (χ2n) is 5.57. The summed E-state index contributed by atoms with van der Waals surface area (Å²) in [6.45, 7) is 3.37. The first-order valence-electron chi connectivity index (χ1n) is 7.49. The molecule has 0 saturated heterocycles. The molecule has 27 heavy (non-hydrogen) atoms. The fourth-order valence-corrected chi connectivity index (χ4v) is 3.25. The maximum Gasteiger partial charge on any atom is 0.453 e. The van der Waals surface area contributed by atoms with E-state index in [0.717, 1.165) is 11.8 Å². The lowest BCUT2D eigenvalue weighted by molar-refractivity contribution is -0.146. The van der Waals surface area contributed by atoms with Crippen LogP contribution in [0.5, 0.6) is 0 Å². The number of halogens is 3. The minimum absolute atomic E-state index is 0.0367. The van der Waals surface area contributed by atoms with E-state index in [1.54, 1.807) is 26.0 Å². The van der Waals surface area contributed by atoms with Gasteiger partial charge in [0.2, 0.25) is 11.0 Å². The standard InChI is InChI=1S/C14H11F3N8OS/c1-6-7(2)11(23-25-9(6)19-21-12(25)14(15,16)17)27-13-22-20-10(24(13)18)8-4-3-5-26-8/h3-5H,18H2,1-2H3. The summed E-state index contributed by atoms with van der Waals surface area (Å²) in [5, 5.41) is 19.3. The number of rotatable bonds is 3. The van der Waals surface area contributed by atoms with Gasteiger partial charge < -0.3 is 10.3 Å². The SMILES string of the molecule is Cc1c(Sc2nnc(-c3ccco3)n2N)nn2c(C(F)(F)F)nnc2c1C. The zero-order valence-corrected chi connectivity index (χ0v) is 14.7. The van der Waals surface area contributed by atoms with Crippen LogP contribution < -0.4 is 5.84 Å². The summed E-state index contributed by atoms with van der Waals surface area (Å²) in [7, 11) is 0. The monoisotopic (exact) mass is 396 g/mol. The van der Waals surface area contributed by atoms with Crippen LogP contribution in [0.25, 0.3) is 17.2 Å². The number of fused-ring (bicyclic) bond motifs is 1. The molecule has 140 valence electrons. The summed E-state index contributed by atoms with van der Waals surface area (Å²) in [6, 6.07) is 3.33. The van der Waals surface area contributed by atoms with E-state index in [9.17, 15) is 13.2 Å². The largest absolute Gasteiger partial charge is 0.461 e. The average Bonchev–Trinajstić information content (AvgIpc) is 3.32. The molecule has 4 aromatic rings. The second-order valence-corrected chi connectivity index (χ2v) is 6.52. The summed E-state index contributed by atoms with van der Waals surface area (Å²) in [4.78, 5) is 0. The van der Waals surface area contributed by atoms with Crippen molar-refractivity contribution in [2.24, 2.45) is 0 Å². The normalized spacial score (nSPS) is 12.2. The molecule has 0 atom stereocenters. The summed E-state index contributed by atoms with van der Waals surface area (Å²) in [5.74, 6) is 5.48. The van der Waals surface area contributed by atoms with Crippen molar-refractivity contribution in [3.05, 3.63) is 35.3 Å². The summed E-state index contributed by atoms with van der Waals surface area (Å²) in [5.41, 5.74) is 1.19. The molecule has 0 radical (unpaired) electrons. The van der Waals surface area contributed by atoms with E-state index in [0.29, 0.717) is 21.4 Å². The van der Waals surface area contributed by atoms with Gasteiger partial charge in [0.25, 0.3) is 5.82 Å². The Kier molecular flexibility index (Phi) is 3.83.